The van der Waals surface area contributed by atoms with Crippen LogP contribution in [0.25, 0.3) is 22.1 Å². The molecule has 0 saturated carbocycles. The molecule has 0 spiro atoms. The number of hydrogen-bond donors (Lipinski definition) is 0. The van der Waals surface area contributed by atoms with Crippen LogP contribution in [0.2, 0.25) is 0 Å². The minimum absolute atomic E-state index is 0.0256. The topological polar surface area (TPSA) is 59.5 Å². The first kappa shape index (κ1) is 17.0. The van der Waals surface area contributed by atoms with Crippen LogP contribution >= 0.6 is 0 Å². The number of amides is 1. The van der Waals surface area contributed by atoms with Gasteiger partial charge in [0.1, 0.15) is 11.1 Å². The fraction of sp³-hybridized carbons (Fsp3) is 0.304. The molecule has 1 aliphatic heterocycles. The molecule has 1 aliphatic rings. The van der Waals surface area contributed by atoms with E-state index in [0.717, 1.165) is 51.9 Å². The lowest BCUT2D eigenvalue weighted by atomic mass is 9.96. The van der Waals surface area contributed by atoms with Crippen LogP contribution in [-0.4, -0.2) is 28.9 Å². The van der Waals surface area contributed by atoms with Gasteiger partial charge in [0.25, 0.3) is 5.91 Å². The summed E-state index contributed by atoms with van der Waals surface area (Å²) in [5.74, 6) is 1.46. The Morgan fingerprint density at radius 3 is 2.61 bits per heavy atom. The summed E-state index contributed by atoms with van der Waals surface area (Å²) in [4.78, 5) is 19.6. The molecule has 0 radical (unpaired) electrons. The molecule has 1 saturated heterocycles. The van der Waals surface area contributed by atoms with E-state index in [1.165, 1.54) is 0 Å². The van der Waals surface area contributed by atoms with Crippen molar-refractivity contribution in [2.24, 2.45) is 0 Å². The van der Waals surface area contributed by atoms with Gasteiger partial charge in [0.15, 0.2) is 17.2 Å². The van der Waals surface area contributed by atoms with Crippen molar-refractivity contribution in [2.45, 2.75) is 32.6 Å². The molecule has 142 valence electrons. The van der Waals surface area contributed by atoms with Gasteiger partial charge in [-0.25, -0.2) is 4.98 Å². The molecule has 0 N–H and O–H groups in total. The van der Waals surface area contributed by atoms with Gasteiger partial charge in [-0.15, -0.1) is 0 Å². The average molecular weight is 374 g/mol. The van der Waals surface area contributed by atoms with E-state index in [1.54, 1.807) is 0 Å². The number of carbonyl (C=O) groups is 1. The molecule has 5 heteroatoms. The lowest BCUT2D eigenvalue weighted by Gasteiger charge is -2.30. The summed E-state index contributed by atoms with van der Waals surface area (Å²) in [6.45, 7) is 5.34. The molecule has 4 aromatic rings. The molecule has 5 nitrogen and oxygen atoms in total. The van der Waals surface area contributed by atoms with Gasteiger partial charge in [-0.3, -0.25) is 4.79 Å². The van der Waals surface area contributed by atoms with E-state index in [1.807, 2.05) is 61.2 Å². The average Bonchev–Trinajstić information content (AvgIpc) is 3.28. The maximum absolute atomic E-state index is 13.1. The van der Waals surface area contributed by atoms with Crippen LogP contribution in [0.1, 0.15) is 46.3 Å². The van der Waals surface area contributed by atoms with Crippen molar-refractivity contribution in [1.29, 1.82) is 0 Å². The molecule has 5 rings (SSSR count). The first-order chi connectivity index (χ1) is 13.6. The van der Waals surface area contributed by atoms with Crippen LogP contribution in [0.4, 0.5) is 0 Å². The van der Waals surface area contributed by atoms with Crippen molar-refractivity contribution in [1.82, 2.24) is 9.88 Å². The molecular formula is C23H22N2O3. The van der Waals surface area contributed by atoms with Gasteiger partial charge in [-0.1, -0.05) is 24.3 Å². The minimum Gasteiger partial charge on any atom is -0.451 e. The Morgan fingerprint density at radius 2 is 1.82 bits per heavy atom. The minimum atomic E-state index is -0.0256. The number of rotatable bonds is 2. The van der Waals surface area contributed by atoms with Crippen LogP contribution < -0.4 is 0 Å². The van der Waals surface area contributed by atoms with Gasteiger partial charge >= 0.3 is 0 Å². The Bertz CT molecular complexity index is 1150. The second-order valence-corrected chi connectivity index (χ2v) is 7.64. The molecule has 2 aromatic carbocycles. The van der Waals surface area contributed by atoms with Gasteiger partial charge in [-0.2, -0.15) is 0 Å². The summed E-state index contributed by atoms with van der Waals surface area (Å²) in [5.41, 5.74) is 4.54. The number of furan rings is 1. The molecule has 1 fully saturated rings. The van der Waals surface area contributed by atoms with Crippen LogP contribution in [0, 0.1) is 13.8 Å². The summed E-state index contributed by atoms with van der Waals surface area (Å²) in [6.07, 6.45) is 1.69. The third kappa shape index (κ3) is 2.78. The molecular weight excluding hydrogens is 352 g/mol. The molecule has 0 unspecified atom stereocenters. The number of benzene rings is 2. The van der Waals surface area contributed by atoms with Gasteiger partial charge < -0.3 is 13.7 Å². The number of piperidine rings is 1. The number of carbonyl (C=O) groups excluding carboxylic acids is 1. The molecule has 0 aliphatic carbocycles. The zero-order chi connectivity index (χ0) is 19.3. The summed E-state index contributed by atoms with van der Waals surface area (Å²) in [7, 11) is 0. The molecule has 2 aromatic heterocycles. The number of aryl methyl sites for hydroxylation is 2. The van der Waals surface area contributed by atoms with E-state index < -0.39 is 0 Å². The highest BCUT2D eigenvalue weighted by atomic mass is 16.4. The summed E-state index contributed by atoms with van der Waals surface area (Å²) >= 11 is 0. The van der Waals surface area contributed by atoms with E-state index in [-0.39, 0.29) is 11.8 Å². The van der Waals surface area contributed by atoms with Gasteiger partial charge in [0.05, 0.1) is 0 Å². The molecule has 1 amide bonds. The van der Waals surface area contributed by atoms with Crippen molar-refractivity contribution in [3.63, 3.8) is 0 Å². The summed E-state index contributed by atoms with van der Waals surface area (Å²) < 4.78 is 11.8. The van der Waals surface area contributed by atoms with E-state index in [9.17, 15) is 4.79 Å². The molecule has 3 heterocycles. The Balaban J connectivity index is 1.34. The Labute approximate surface area is 162 Å². The third-order valence-electron chi connectivity index (χ3n) is 5.73. The van der Waals surface area contributed by atoms with Crippen LogP contribution in [0.15, 0.2) is 51.3 Å². The van der Waals surface area contributed by atoms with Crippen LogP contribution in [0.5, 0.6) is 0 Å². The van der Waals surface area contributed by atoms with Crippen LogP contribution in [0.3, 0.4) is 0 Å². The molecule has 0 bridgehead atoms. The van der Waals surface area contributed by atoms with Crippen molar-refractivity contribution in [3.05, 3.63) is 65.2 Å². The molecule has 28 heavy (non-hydrogen) atoms. The normalized spacial score (nSPS) is 15.6. The van der Waals surface area contributed by atoms with E-state index in [0.29, 0.717) is 18.8 Å². The Morgan fingerprint density at radius 1 is 1.04 bits per heavy atom. The van der Waals surface area contributed by atoms with E-state index in [2.05, 4.69) is 4.98 Å². The number of para-hydroxylation sites is 2. The predicted molar refractivity (Wildman–Crippen MR) is 108 cm³/mol. The number of nitrogens with zero attached hydrogens (tertiary/aromatic N) is 2. The number of hydrogen-bond acceptors (Lipinski definition) is 4. The highest BCUT2D eigenvalue weighted by Crippen LogP contribution is 2.32. The van der Waals surface area contributed by atoms with E-state index >= 15 is 0 Å². The smallest absolute Gasteiger partial charge is 0.289 e. The van der Waals surface area contributed by atoms with Gasteiger partial charge in [-0.05, 0) is 50.5 Å². The third-order valence-corrected chi connectivity index (χ3v) is 5.73. The number of likely N-dealkylation sites (tertiary alicyclic amines) is 1. The first-order valence-electron chi connectivity index (χ1n) is 9.74. The Hall–Kier alpha value is -3.08. The zero-order valence-electron chi connectivity index (χ0n) is 16.1. The van der Waals surface area contributed by atoms with Crippen molar-refractivity contribution in [3.8, 4) is 0 Å². The molecule has 0 atom stereocenters. The van der Waals surface area contributed by atoms with Crippen molar-refractivity contribution >= 4 is 28.0 Å². The van der Waals surface area contributed by atoms with Crippen molar-refractivity contribution in [2.75, 3.05) is 13.1 Å². The largest absolute Gasteiger partial charge is 0.451 e. The maximum atomic E-state index is 13.1. The summed E-state index contributed by atoms with van der Waals surface area (Å²) in [5, 5.41) is 1.01. The number of aromatic nitrogens is 1. The van der Waals surface area contributed by atoms with Gasteiger partial charge in [0, 0.05) is 30.0 Å². The fourth-order valence-corrected chi connectivity index (χ4v) is 4.07. The lowest BCUT2D eigenvalue weighted by molar-refractivity contribution is 0.0676. The number of fused-ring (bicyclic) bond motifs is 2. The quantitative estimate of drug-likeness (QED) is 0.483. The highest BCUT2D eigenvalue weighted by Gasteiger charge is 2.30. The fourth-order valence-electron chi connectivity index (χ4n) is 4.07. The second-order valence-electron chi connectivity index (χ2n) is 7.64. The van der Waals surface area contributed by atoms with E-state index in [4.69, 9.17) is 8.83 Å². The highest BCUT2D eigenvalue weighted by molar-refractivity contribution is 5.99. The summed E-state index contributed by atoms with van der Waals surface area (Å²) in [6, 6.07) is 13.9. The first-order valence-corrected chi connectivity index (χ1v) is 9.74. The monoisotopic (exact) mass is 374 g/mol. The standard InChI is InChI=1S/C23H22N2O3/c1-14-7-8-17-15(2)21(27-20(17)13-14)23(26)25-11-9-16(10-12-25)22-24-18-5-3-4-6-19(18)28-22/h3-8,13,16H,9-12H2,1-2H3. The zero-order valence-corrected chi connectivity index (χ0v) is 16.1. The SMILES string of the molecule is Cc1ccc2c(C)c(C(=O)N3CCC(c4nc5ccccc5o4)CC3)oc2c1. The van der Waals surface area contributed by atoms with Gasteiger partial charge in [0.2, 0.25) is 0 Å². The maximum Gasteiger partial charge on any atom is 0.289 e. The number of oxazole rings is 1. The van der Waals surface area contributed by atoms with Crippen molar-refractivity contribution < 1.29 is 13.6 Å². The lowest BCUT2D eigenvalue weighted by Crippen LogP contribution is -2.38. The predicted octanol–water partition coefficient (Wildman–Crippen LogP) is 5.21. The Kier molecular flexibility index (Phi) is 3.97. The van der Waals surface area contributed by atoms with Crippen LogP contribution in [-0.2, 0) is 0 Å². The second kappa shape index (κ2) is 6.51.